The van der Waals surface area contributed by atoms with Crippen LogP contribution in [0.5, 0.6) is 0 Å². The van der Waals surface area contributed by atoms with Crippen molar-refractivity contribution < 1.29 is 21.9 Å². The van der Waals surface area contributed by atoms with E-state index >= 15 is 0 Å². The molecular weight excluding hydrogens is 416 g/mol. The Morgan fingerprint density at radius 3 is 2.77 bits per heavy atom. The maximum Gasteiger partial charge on any atom is 0.247 e. The van der Waals surface area contributed by atoms with E-state index in [4.69, 9.17) is 10.2 Å². The highest BCUT2D eigenvalue weighted by Crippen LogP contribution is 2.43. The van der Waals surface area contributed by atoms with Crippen LogP contribution in [-0.4, -0.2) is 51.8 Å². The monoisotopic (exact) mass is 442 g/mol. The maximum absolute atomic E-state index is 13.0. The number of aliphatic hydroxyl groups is 1. The topological polar surface area (TPSA) is 127 Å². The number of primary sulfonamides is 1. The molecule has 0 fully saturated rings. The van der Waals surface area contributed by atoms with Gasteiger partial charge in [-0.1, -0.05) is 6.92 Å². The molecule has 0 aliphatic carbocycles. The van der Waals surface area contributed by atoms with Gasteiger partial charge < -0.3 is 10.4 Å². The van der Waals surface area contributed by atoms with E-state index in [2.05, 4.69) is 5.32 Å². The van der Waals surface area contributed by atoms with E-state index in [0.717, 1.165) is 36.5 Å². The molecule has 2 rings (SSSR count). The number of nitrogens with one attached hydrogen (secondary N) is 1. The van der Waals surface area contributed by atoms with E-state index in [1.54, 1.807) is 11.8 Å². The molecule has 0 amide bonds. The molecule has 0 bridgehead atoms. The fourth-order valence-corrected chi connectivity index (χ4v) is 8.46. The molecule has 2 atom stereocenters. The zero-order chi connectivity index (χ0) is 19.4. The predicted octanol–water partition coefficient (Wildman–Crippen LogP) is 1.49. The van der Waals surface area contributed by atoms with Gasteiger partial charge in [-0.3, -0.25) is 0 Å². The third-order valence-corrected chi connectivity index (χ3v) is 10.7. The molecular formula is C15H26N2O5S4. The lowest BCUT2D eigenvalue weighted by atomic mass is 10.0. The number of rotatable bonds is 10. The van der Waals surface area contributed by atoms with Gasteiger partial charge in [-0.2, -0.15) is 11.8 Å². The molecule has 0 radical (unpaired) electrons. The Morgan fingerprint density at radius 2 is 2.15 bits per heavy atom. The summed E-state index contributed by atoms with van der Waals surface area (Å²) in [6.07, 6.45) is 2.58. The highest BCUT2D eigenvalue weighted by Gasteiger charge is 2.41. The Bertz CT molecular complexity index is 804. The van der Waals surface area contributed by atoms with E-state index in [1.807, 2.05) is 6.92 Å². The van der Waals surface area contributed by atoms with Gasteiger partial charge in [0.1, 0.15) is 8.42 Å². The molecule has 150 valence electrons. The molecule has 4 N–H and O–H groups in total. The summed E-state index contributed by atoms with van der Waals surface area (Å²) in [5, 5.41) is 16.8. The predicted molar refractivity (Wildman–Crippen MR) is 106 cm³/mol. The van der Waals surface area contributed by atoms with Gasteiger partial charge in [-0.05, 0) is 44.0 Å². The van der Waals surface area contributed by atoms with Crippen LogP contribution < -0.4 is 10.5 Å². The number of thioether (sulfide) groups is 1. The van der Waals surface area contributed by atoms with Crippen LogP contribution in [0.1, 0.15) is 44.2 Å². The molecule has 2 heterocycles. The SMILES string of the molecule is CCCNC1CC(CCCSCCO)S(=O)(=O)c2sc(S(N)(=O)=O)cc21. The molecule has 1 aromatic rings. The first kappa shape index (κ1) is 22.1. The van der Waals surface area contributed by atoms with Gasteiger partial charge in [0.05, 0.1) is 11.9 Å². The molecule has 0 spiro atoms. The van der Waals surface area contributed by atoms with Gasteiger partial charge >= 0.3 is 0 Å². The smallest absolute Gasteiger partial charge is 0.247 e. The van der Waals surface area contributed by atoms with Crippen molar-refractivity contribution >= 4 is 43.0 Å². The van der Waals surface area contributed by atoms with Crippen molar-refractivity contribution in [3.8, 4) is 0 Å². The normalized spacial score (nSPS) is 22.3. The van der Waals surface area contributed by atoms with Gasteiger partial charge in [-0.15, -0.1) is 11.3 Å². The second kappa shape index (κ2) is 9.35. The molecule has 11 heteroatoms. The summed E-state index contributed by atoms with van der Waals surface area (Å²) < 4.78 is 49.4. The molecule has 2 unspecified atom stereocenters. The maximum atomic E-state index is 13.0. The van der Waals surface area contributed by atoms with Crippen LogP contribution in [0, 0.1) is 0 Å². The summed E-state index contributed by atoms with van der Waals surface area (Å²) in [5.41, 5.74) is 0.526. The number of hydrogen-bond acceptors (Lipinski definition) is 8. The zero-order valence-electron chi connectivity index (χ0n) is 14.7. The highest BCUT2D eigenvalue weighted by atomic mass is 32.3. The second-order valence-corrected chi connectivity index (χ2v) is 12.7. The summed E-state index contributed by atoms with van der Waals surface area (Å²) in [7, 11) is -7.51. The van der Waals surface area contributed by atoms with Gasteiger partial charge in [0.15, 0.2) is 9.84 Å². The molecule has 1 aromatic heterocycles. The number of thiophene rings is 1. The Labute approximate surface area is 163 Å². The Balaban J connectivity index is 2.27. The van der Waals surface area contributed by atoms with Crippen molar-refractivity contribution in [3.05, 3.63) is 11.6 Å². The summed E-state index contributed by atoms with van der Waals surface area (Å²) in [6.45, 7) is 2.86. The van der Waals surface area contributed by atoms with Gasteiger partial charge in [-0.25, -0.2) is 22.0 Å². The quantitative estimate of drug-likeness (QED) is 0.469. The minimum atomic E-state index is -3.94. The number of aliphatic hydroxyl groups excluding tert-OH is 1. The van der Waals surface area contributed by atoms with Crippen LogP contribution in [0.2, 0.25) is 0 Å². The zero-order valence-corrected chi connectivity index (χ0v) is 17.9. The molecule has 7 nitrogen and oxygen atoms in total. The Morgan fingerprint density at radius 1 is 1.42 bits per heavy atom. The standard InChI is InChI=1S/C15H26N2O5S4/c1-2-5-17-13-9-11(4-3-7-23-8-6-18)25(19,20)15-12(13)10-14(24-15)26(16,21)22/h10-11,13,17-18H,2-9H2,1H3,(H2,16,21,22). The van der Waals surface area contributed by atoms with Crippen LogP contribution in [0.3, 0.4) is 0 Å². The fraction of sp³-hybridized carbons (Fsp3) is 0.733. The van der Waals surface area contributed by atoms with Crippen molar-refractivity contribution in [1.29, 1.82) is 0 Å². The summed E-state index contributed by atoms with van der Waals surface area (Å²) in [5.74, 6) is 1.43. The molecule has 0 aromatic carbocycles. The minimum Gasteiger partial charge on any atom is -0.396 e. The van der Waals surface area contributed by atoms with Crippen LogP contribution in [0.15, 0.2) is 14.5 Å². The third kappa shape index (κ3) is 5.21. The Kier molecular flexibility index (Phi) is 7.96. The minimum absolute atomic E-state index is 0.103. The van der Waals surface area contributed by atoms with Crippen molar-refractivity contribution in [2.45, 2.75) is 52.3 Å². The van der Waals surface area contributed by atoms with Crippen molar-refractivity contribution in [3.63, 3.8) is 0 Å². The van der Waals surface area contributed by atoms with Crippen molar-refractivity contribution in [2.75, 3.05) is 24.7 Å². The van der Waals surface area contributed by atoms with Crippen LogP contribution in [-0.2, 0) is 19.9 Å². The summed E-state index contributed by atoms with van der Waals surface area (Å²) in [4.78, 5) is 0. The van der Waals surface area contributed by atoms with Gasteiger partial charge in [0.25, 0.3) is 0 Å². The first-order valence-electron chi connectivity index (χ1n) is 8.54. The van der Waals surface area contributed by atoms with E-state index in [9.17, 15) is 16.8 Å². The van der Waals surface area contributed by atoms with Crippen LogP contribution in [0.25, 0.3) is 0 Å². The van der Waals surface area contributed by atoms with Crippen LogP contribution >= 0.6 is 23.1 Å². The van der Waals surface area contributed by atoms with Crippen molar-refractivity contribution in [2.24, 2.45) is 5.14 Å². The molecule has 1 aliphatic rings. The van der Waals surface area contributed by atoms with E-state index in [-0.39, 0.29) is 21.1 Å². The number of sulfone groups is 1. The summed E-state index contributed by atoms with van der Waals surface area (Å²) in [6, 6.07) is 1.23. The van der Waals surface area contributed by atoms with Gasteiger partial charge in [0, 0.05) is 17.4 Å². The number of fused-ring (bicyclic) bond motifs is 1. The second-order valence-electron chi connectivity index (χ2n) is 6.24. The average Bonchev–Trinajstić information content (AvgIpc) is 3.02. The molecule has 1 aliphatic heterocycles. The van der Waals surface area contributed by atoms with E-state index in [0.29, 0.717) is 24.2 Å². The van der Waals surface area contributed by atoms with Gasteiger partial charge in [0.2, 0.25) is 10.0 Å². The average molecular weight is 443 g/mol. The summed E-state index contributed by atoms with van der Waals surface area (Å²) >= 11 is 2.35. The highest BCUT2D eigenvalue weighted by molar-refractivity contribution is 7.99. The lowest BCUT2D eigenvalue weighted by Crippen LogP contribution is -2.35. The lowest BCUT2D eigenvalue weighted by molar-refractivity contribution is 0.322. The first-order valence-corrected chi connectivity index (χ1v) is 13.6. The van der Waals surface area contributed by atoms with Crippen LogP contribution in [0.4, 0.5) is 0 Å². The fourth-order valence-electron chi connectivity index (χ4n) is 3.00. The largest absolute Gasteiger partial charge is 0.396 e. The lowest BCUT2D eigenvalue weighted by Gasteiger charge is -2.30. The molecule has 26 heavy (non-hydrogen) atoms. The first-order chi connectivity index (χ1) is 12.2. The molecule has 0 saturated carbocycles. The number of sulfonamides is 1. The third-order valence-electron chi connectivity index (χ3n) is 4.25. The number of nitrogens with two attached hydrogens (primary N) is 1. The number of hydrogen-bond donors (Lipinski definition) is 3. The Hall–Kier alpha value is -0.170. The molecule has 0 saturated heterocycles. The van der Waals surface area contributed by atoms with E-state index in [1.165, 1.54) is 6.07 Å². The van der Waals surface area contributed by atoms with E-state index < -0.39 is 25.1 Å². The van der Waals surface area contributed by atoms with Crippen molar-refractivity contribution in [1.82, 2.24) is 5.32 Å².